The summed E-state index contributed by atoms with van der Waals surface area (Å²) in [5.41, 5.74) is 0.265. The van der Waals surface area contributed by atoms with Crippen molar-refractivity contribution in [3.8, 4) is 28.4 Å². The molecule has 0 atom stereocenters. The molecule has 14 heteroatoms. The number of rotatable bonds is 7. The van der Waals surface area contributed by atoms with Crippen molar-refractivity contribution < 1.29 is 94.3 Å². The van der Waals surface area contributed by atoms with E-state index in [9.17, 15) is 22.5 Å². The normalized spacial score (nSPS) is 11.6. The zero-order valence-corrected chi connectivity index (χ0v) is 22.5. The van der Waals surface area contributed by atoms with E-state index >= 15 is 0 Å². The van der Waals surface area contributed by atoms with Gasteiger partial charge in [0.2, 0.25) is 5.43 Å². The number of ether oxygens (including phenoxy) is 2. The van der Waals surface area contributed by atoms with Crippen LogP contribution in [-0.4, -0.2) is 21.1 Å². The van der Waals surface area contributed by atoms with Crippen LogP contribution < -0.4 is 66.3 Å². The van der Waals surface area contributed by atoms with Gasteiger partial charge < -0.3 is 25.7 Å². The fourth-order valence-electron chi connectivity index (χ4n) is 2.86. The van der Waals surface area contributed by atoms with Crippen LogP contribution in [0.15, 0.2) is 53.3 Å². The fourth-order valence-corrected chi connectivity index (χ4v) is 3.30. The van der Waals surface area contributed by atoms with E-state index in [2.05, 4.69) is 14.2 Å². The Kier molecular flexibility index (Phi) is 10.00. The molecule has 0 amide bonds. The predicted octanol–water partition coefficient (Wildman–Crippen LogP) is 2.42. The number of hydrogen-bond acceptors (Lipinski definition) is 5. The Morgan fingerprint density at radius 2 is 1.53 bits per heavy atom. The Morgan fingerprint density at radius 1 is 1.03 bits per heavy atom. The molecule has 8 nitrogen and oxygen atoms in total. The minimum Gasteiger partial charge on any atom is -1.00 e. The second kappa shape index (κ2) is 11.7. The minimum absolute atomic E-state index is 0. The van der Waals surface area contributed by atoms with Gasteiger partial charge in [-0.05, 0) is 48.9 Å². The number of benzene rings is 2. The van der Waals surface area contributed by atoms with Crippen molar-refractivity contribution in [2.24, 2.45) is 0 Å². The molecular formula is C20H17ClF3KNO7P. The molecule has 0 saturated carbocycles. The van der Waals surface area contributed by atoms with Crippen molar-refractivity contribution in [3.63, 3.8) is 0 Å². The van der Waals surface area contributed by atoms with E-state index in [1.165, 1.54) is 43.3 Å². The molecular weight excluding hydrogens is 529 g/mol. The van der Waals surface area contributed by atoms with Gasteiger partial charge in [-0.1, -0.05) is 23.7 Å². The molecule has 34 heavy (non-hydrogen) atoms. The Balaban J connectivity index is 0.00000306. The summed E-state index contributed by atoms with van der Waals surface area (Å²) >= 11 is 6.04. The van der Waals surface area contributed by atoms with Crippen LogP contribution in [0.25, 0.3) is 11.1 Å². The first-order valence-corrected chi connectivity index (χ1v) is 11.0. The number of aromatic nitrogens is 1. The third-order valence-electron chi connectivity index (χ3n) is 4.21. The maximum absolute atomic E-state index is 12.7. The average Bonchev–Trinajstić information content (AvgIpc) is 2.71. The van der Waals surface area contributed by atoms with Gasteiger partial charge >= 0.3 is 65.6 Å². The van der Waals surface area contributed by atoms with Crippen molar-refractivity contribution in [1.29, 1.82) is 0 Å². The number of aryl methyl sites for hydroxylation is 1. The van der Waals surface area contributed by atoms with Gasteiger partial charge in [-0.15, -0.1) is 13.2 Å². The molecule has 0 spiro atoms. The molecule has 178 valence electrons. The molecule has 0 unspecified atom stereocenters. The first kappa shape index (κ1) is 29.0. The van der Waals surface area contributed by atoms with Crippen LogP contribution in [-0.2, 0) is 15.7 Å². The zero-order chi connectivity index (χ0) is 24.4. The van der Waals surface area contributed by atoms with Crippen molar-refractivity contribution in [2.75, 3.05) is 0 Å². The summed E-state index contributed by atoms with van der Waals surface area (Å²) < 4.78 is 61.7. The fraction of sp³-hybridized carbons (Fsp3) is 0.150. The number of pyridine rings is 1. The molecule has 1 heterocycles. The van der Waals surface area contributed by atoms with E-state index in [1.807, 2.05) is 0 Å². The average molecular weight is 546 g/mol. The Hall–Kier alpha value is -1.18. The minimum atomic E-state index is -4.80. The molecule has 0 radical (unpaired) electrons. The molecule has 0 aliphatic carbocycles. The van der Waals surface area contributed by atoms with Gasteiger partial charge in [-0.2, -0.15) is 0 Å². The van der Waals surface area contributed by atoms with Gasteiger partial charge in [0, 0.05) is 5.69 Å². The second-order valence-electron chi connectivity index (χ2n) is 6.66. The van der Waals surface area contributed by atoms with Crippen molar-refractivity contribution in [3.05, 3.63) is 75.2 Å². The Bertz CT molecular complexity index is 1250. The molecule has 0 fully saturated rings. The maximum Gasteiger partial charge on any atom is 1.00 e. The molecule has 0 aliphatic rings. The largest absolute Gasteiger partial charge is 1.00 e. The summed E-state index contributed by atoms with van der Waals surface area (Å²) in [7, 11) is -4.79. The molecule has 0 saturated heterocycles. The summed E-state index contributed by atoms with van der Waals surface area (Å²) in [5, 5.41) is -0.0913. The summed E-state index contributed by atoms with van der Waals surface area (Å²) in [6.07, 6.45) is -4.80. The smallest absolute Gasteiger partial charge is 1.00 e. The van der Waals surface area contributed by atoms with Crippen molar-refractivity contribution >= 4 is 19.4 Å². The molecule has 0 aliphatic heterocycles. The van der Waals surface area contributed by atoms with Crippen LogP contribution in [0.4, 0.5) is 13.2 Å². The van der Waals surface area contributed by atoms with Crippen LogP contribution in [0.3, 0.4) is 0 Å². The standard InChI is InChI=1S/C20H16ClF3NO7P.K.H/c1-11-18(21)19(26)17(16(25-11)10-30-33(27,28)29)12-2-4-13(5-3-12)31-14-6-8-15(9-7-14)32-20(22,23)24;;/h2-9H,10H2,1H3,(H,25,26)(H2,27,28,29);;/q;+1;-1. The van der Waals surface area contributed by atoms with Gasteiger partial charge in [0.05, 0.1) is 17.9 Å². The molecule has 1 aromatic heterocycles. The van der Waals surface area contributed by atoms with E-state index in [4.69, 9.17) is 26.1 Å². The number of alkyl halides is 3. The van der Waals surface area contributed by atoms with Crippen LogP contribution in [0.1, 0.15) is 12.8 Å². The number of hydrogen-bond donors (Lipinski definition) is 3. The van der Waals surface area contributed by atoms with Crippen LogP contribution >= 0.6 is 19.4 Å². The first-order valence-electron chi connectivity index (χ1n) is 9.08. The van der Waals surface area contributed by atoms with Crippen LogP contribution in [0.2, 0.25) is 5.02 Å². The Labute approximate surface area is 240 Å². The van der Waals surface area contributed by atoms with Gasteiger partial charge in [0.15, 0.2) is 0 Å². The summed E-state index contributed by atoms with van der Waals surface area (Å²) in [6.45, 7) is 0.952. The maximum atomic E-state index is 12.7. The molecule has 3 rings (SSSR count). The van der Waals surface area contributed by atoms with E-state index in [1.54, 1.807) is 0 Å². The number of phosphoric ester groups is 1. The second-order valence-corrected chi connectivity index (χ2v) is 8.27. The number of halogens is 4. The summed E-state index contributed by atoms with van der Waals surface area (Å²) in [4.78, 5) is 33.5. The molecule has 0 bridgehead atoms. The van der Waals surface area contributed by atoms with E-state index < -0.39 is 32.0 Å². The van der Waals surface area contributed by atoms with Gasteiger partial charge in [-0.3, -0.25) is 9.32 Å². The van der Waals surface area contributed by atoms with Gasteiger partial charge in [0.1, 0.15) is 22.3 Å². The monoisotopic (exact) mass is 545 g/mol. The number of nitrogens with one attached hydrogen (secondary N) is 1. The van der Waals surface area contributed by atoms with Crippen molar-refractivity contribution in [1.82, 2.24) is 4.98 Å². The molecule has 2 aromatic carbocycles. The SMILES string of the molecule is Cc1[nH]c(COP(=O)(O)O)c(-c2ccc(Oc3ccc(OC(F)(F)F)cc3)cc2)c(=O)c1Cl.[H-].[K+]. The number of aromatic amines is 1. The van der Waals surface area contributed by atoms with E-state index in [0.717, 1.165) is 12.1 Å². The number of H-pyrrole nitrogens is 1. The van der Waals surface area contributed by atoms with Gasteiger partial charge in [0.25, 0.3) is 0 Å². The third-order valence-corrected chi connectivity index (χ3v) is 5.13. The Morgan fingerprint density at radius 3 is 2.03 bits per heavy atom. The molecule has 3 aromatic rings. The summed E-state index contributed by atoms with van der Waals surface area (Å²) in [5.74, 6) is 0.154. The quantitative estimate of drug-likeness (QED) is 0.308. The van der Waals surface area contributed by atoms with Crippen LogP contribution in [0, 0.1) is 6.92 Å². The predicted molar refractivity (Wildman–Crippen MR) is 113 cm³/mol. The molecule has 3 N–H and O–H groups in total. The van der Waals surface area contributed by atoms with E-state index in [0.29, 0.717) is 17.0 Å². The van der Waals surface area contributed by atoms with Gasteiger partial charge in [-0.25, -0.2) is 4.57 Å². The first-order chi connectivity index (χ1) is 15.3. The van der Waals surface area contributed by atoms with Crippen molar-refractivity contribution in [2.45, 2.75) is 19.9 Å². The summed E-state index contributed by atoms with van der Waals surface area (Å²) in [6, 6.07) is 10.8. The third kappa shape index (κ3) is 8.20. The topological polar surface area (TPSA) is 118 Å². The van der Waals surface area contributed by atoms with Crippen LogP contribution in [0.5, 0.6) is 17.2 Å². The van der Waals surface area contributed by atoms with E-state index in [-0.39, 0.29) is 74.8 Å². The zero-order valence-electron chi connectivity index (χ0n) is 18.7. The number of phosphoric acid groups is 1.